The number of benzene rings is 2. The molecule has 1 N–H and O–H groups in total. The molecule has 1 aliphatic heterocycles. The minimum Gasteiger partial charge on any atom is -0.495 e. The molecule has 1 unspecified atom stereocenters. The van der Waals surface area contributed by atoms with E-state index in [1.807, 2.05) is 11.0 Å². The zero-order chi connectivity index (χ0) is 21.9. The summed E-state index contributed by atoms with van der Waals surface area (Å²) in [5.41, 5.74) is -4.87. The van der Waals surface area contributed by atoms with Crippen molar-refractivity contribution < 1.29 is 31.1 Å². The van der Waals surface area contributed by atoms with Gasteiger partial charge in [-0.2, -0.15) is 13.2 Å². The van der Waals surface area contributed by atoms with Gasteiger partial charge in [-0.15, -0.1) is 0 Å². The molecule has 0 bridgehead atoms. The number of carbonyl (C=O) groups excluding carboxylic acids is 1. The van der Waals surface area contributed by atoms with E-state index in [2.05, 4.69) is 5.32 Å². The molecular formula is C20H21F3N2O4S. The van der Waals surface area contributed by atoms with E-state index in [0.717, 1.165) is 36.6 Å². The summed E-state index contributed by atoms with van der Waals surface area (Å²) in [6.45, 7) is 1.40. The first kappa shape index (κ1) is 22.1. The average Bonchev–Trinajstić information content (AvgIpc) is 3.22. The molecule has 0 aliphatic carbocycles. The number of likely N-dealkylation sites (tertiary alicyclic amines) is 1. The molecular weight excluding hydrogens is 421 g/mol. The third kappa shape index (κ3) is 4.44. The highest BCUT2D eigenvalue weighted by molar-refractivity contribution is 7.92. The Hall–Kier alpha value is -2.59. The number of anilines is 1. The van der Waals surface area contributed by atoms with Crippen molar-refractivity contribution in [1.29, 1.82) is 0 Å². The van der Waals surface area contributed by atoms with Crippen molar-refractivity contribution in [2.24, 2.45) is 0 Å². The Morgan fingerprint density at radius 2 is 1.73 bits per heavy atom. The molecule has 2 aromatic carbocycles. The lowest BCUT2D eigenvalue weighted by atomic mass is 10.0. The quantitative estimate of drug-likeness (QED) is 0.737. The van der Waals surface area contributed by atoms with Gasteiger partial charge in [0, 0.05) is 0 Å². The summed E-state index contributed by atoms with van der Waals surface area (Å²) in [4.78, 5) is 14.2. The fourth-order valence-corrected chi connectivity index (χ4v) is 4.24. The van der Waals surface area contributed by atoms with E-state index >= 15 is 0 Å². The predicted molar refractivity (Wildman–Crippen MR) is 105 cm³/mol. The zero-order valence-corrected chi connectivity index (χ0v) is 17.0. The van der Waals surface area contributed by atoms with Gasteiger partial charge in [-0.25, -0.2) is 8.42 Å². The van der Waals surface area contributed by atoms with Crippen LogP contribution in [-0.2, 0) is 14.6 Å². The number of methoxy groups -OCH3 is 1. The molecule has 1 fully saturated rings. The van der Waals surface area contributed by atoms with E-state index < -0.39 is 32.2 Å². The van der Waals surface area contributed by atoms with Gasteiger partial charge in [-0.05, 0) is 49.7 Å². The Labute approximate surface area is 172 Å². The lowest BCUT2D eigenvalue weighted by Gasteiger charge is -2.27. The molecule has 10 heteroatoms. The van der Waals surface area contributed by atoms with Crippen molar-refractivity contribution in [3.63, 3.8) is 0 Å². The maximum absolute atomic E-state index is 13.1. The first-order chi connectivity index (χ1) is 14.1. The molecule has 1 saturated heterocycles. The Bertz CT molecular complexity index is 1000. The zero-order valence-electron chi connectivity index (χ0n) is 16.1. The molecule has 2 aromatic rings. The van der Waals surface area contributed by atoms with E-state index in [0.29, 0.717) is 13.1 Å². The highest BCUT2D eigenvalue weighted by Crippen LogP contribution is 2.35. The van der Waals surface area contributed by atoms with E-state index in [9.17, 15) is 26.4 Å². The van der Waals surface area contributed by atoms with E-state index in [1.165, 1.54) is 7.11 Å². The van der Waals surface area contributed by atoms with Gasteiger partial charge in [-0.3, -0.25) is 9.69 Å². The average molecular weight is 442 g/mol. The van der Waals surface area contributed by atoms with Crippen molar-refractivity contribution in [3.05, 3.63) is 54.1 Å². The van der Waals surface area contributed by atoms with Crippen LogP contribution in [0.4, 0.5) is 18.9 Å². The van der Waals surface area contributed by atoms with Crippen LogP contribution in [0.5, 0.6) is 5.75 Å². The number of ether oxygens (including phenoxy) is 1. The monoisotopic (exact) mass is 442 g/mol. The van der Waals surface area contributed by atoms with Gasteiger partial charge in [0.2, 0.25) is 5.91 Å². The van der Waals surface area contributed by atoms with Crippen LogP contribution in [0.3, 0.4) is 0 Å². The van der Waals surface area contributed by atoms with Crippen LogP contribution in [0.25, 0.3) is 0 Å². The number of halogens is 3. The van der Waals surface area contributed by atoms with Gasteiger partial charge < -0.3 is 10.1 Å². The Morgan fingerprint density at radius 3 is 2.30 bits per heavy atom. The Morgan fingerprint density at radius 1 is 1.10 bits per heavy atom. The molecule has 0 radical (unpaired) electrons. The third-order valence-electron chi connectivity index (χ3n) is 4.91. The van der Waals surface area contributed by atoms with Crippen molar-refractivity contribution in [3.8, 4) is 5.75 Å². The SMILES string of the molecule is COc1ccc(S(=O)(=O)C(F)(F)F)cc1NC(=O)C(c1ccccc1)N1CCCC1. The number of nitrogens with zero attached hydrogens (tertiary/aromatic N) is 1. The second-order valence-electron chi connectivity index (χ2n) is 6.86. The fraction of sp³-hybridized carbons (Fsp3) is 0.350. The molecule has 30 heavy (non-hydrogen) atoms. The highest BCUT2D eigenvalue weighted by atomic mass is 32.2. The maximum Gasteiger partial charge on any atom is 0.501 e. The number of rotatable bonds is 6. The van der Waals surface area contributed by atoms with Crippen molar-refractivity contribution in [1.82, 2.24) is 4.90 Å². The third-order valence-corrected chi connectivity index (χ3v) is 6.40. The molecule has 0 aromatic heterocycles. The van der Waals surface area contributed by atoms with Gasteiger partial charge >= 0.3 is 5.51 Å². The minimum absolute atomic E-state index is 0.0534. The summed E-state index contributed by atoms with van der Waals surface area (Å²) >= 11 is 0. The summed E-state index contributed by atoms with van der Waals surface area (Å²) in [5.74, 6) is -0.430. The topological polar surface area (TPSA) is 75.7 Å². The van der Waals surface area contributed by atoms with Gasteiger partial charge in [0.25, 0.3) is 9.84 Å². The van der Waals surface area contributed by atoms with E-state index in [1.54, 1.807) is 24.3 Å². The molecule has 1 amide bonds. The number of hydrogen-bond donors (Lipinski definition) is 1. The number of carbonyl (C=O) groups is 1. The highest BCUT2D eigenvalue weighted by Gasteiger charge is 2.47. The van der Waals surface area contributed by atoms with Crippen molar-refractivity contribution >= 4 is 21.4 Å². The molecule has 6 nitrogen and oxygen atoms in total. The Balaban J connectivity index is 1.97. The summed E-state index contributed by atoms with van der Waals surface area (Å²) in [7, 11) is -4.29. The molecule has 3 rings (SSSR count). The van der Waals surface area contributed by atoms with Crippen LogP contribution < -0.4 is 10.1 Å². The van der Waals surface area contributed by atoms with Crippen LogP contribution in [-0.4, -0.2) is 44.9 Å². The van der Waals surface area contributed by atoms with Crippen LogP contribution >= 0.6 is 0 Å². The van der Waals surface area contributed by atoms with Crippen LogP contribution in [0.15, 0.2) is 53.4 Å². The lowest BCUT2D eigenvalue weighted by molar-refractivity contribution is -0.121. The summed E-state index contributed by atoms with van der Waals surface area (Å²) < 4.78 is 67.5. The van der Waals surface area contributed by atoms with Crippen molar-refractivity contribution in [2.45, 2.75) is 29.3 Å². The van der Waals surface area contributed by atoms with Crippen LogP contribution in [0, 0.1) is 0 Å². The summed E-state index contributed by atoms with van der Waals surface area (Å²) in [5, 5.41) is 2.56. The standard InChI is InChI=1S/C20H21F3N2O4S/c1-29-17-10-9-15(30(27,28)20(21,22)23)13-16(17)24-19(26)18(25-11-5-6-12-25)14-7-3-2-4-8-14/h2-4,7-10,13,18H,5-6,11-12H2,1H3,(H,24,26). The molecule has 0 spiro atoms. The van der Waals surface area contributed by atoms with Crippen LogP contribution in [0.2, 0.25) is 0 Å². The smallest absolute Gasteiger partial charge is 0.495 e. The van der Waals surface area contributed by atoms with E-state index in [-0.39, 0.29) is 11.4 Å². The molecule has 1 atom stereocenters. The van der Waals surface area contributed by atoms with Gasteiger partial charge in [0.05, 0.1) is 17.7 Å². The Kier molecular flexibility index (Phi) is 6.37. The lowest BCUT2D eigenvalue weighted by Crippen LogP contribution is -2.35. The second kappa shape index (κ2) is 8.65. The number of hydrogen-bond acceptors (Lipinski definition) is 5. The normalized spacial score (nSPS) is 16.3. The van der Waals surface area contributed by atoms with Crippen molar-refractivity contribution in [2.75, 3.05) is 25.5 Å². The van der Waals surface area contributed by atoms with Gasteiger partial charge in [0.15, 0.2) is 0 Å². The largest absolute Gasteiger partial charge is 0.501 e. The molecule has 1 aliphatic rings. The number of sulfone groups is 1. The first-order valence-electron chi connectivity index (χ1n) is 9.24. The minimum atomic E-state index is -5.57. The molecule has 0 saturated carbocycles. The van der Waals surface area contributed by atoms with Crippen LogP contribution in [0.1, 0.15) is 24.4 Å². The maximum atomic E-state index is 13.1. The molecule has 1 heterocycles. The molecule has 162 valence electrons. The number of alkyl halides is 3. The first-order valence-corrected chi connectivity index (χ1v) is 10.7. The second-order valence-corrected chi connectivity index (χ2v) is 8.80. The predicted octanol–water partition coefficient (Wildman–Crippen LogP) is 3.76. The number of amides is 1. The van der Waals surface area contributed by atoms with Gasteiger partial charge in [0.1, 0.15) is 11.8 Å². The van der Waals surface area contributed by atoms with Gasteiger partial charge in [-0.1, -0.05) is 30.3 Å². The summed E-state index contributed by atoms with van der Waals surface area (Å²) in [6.07, 6.45) is 1.86. The van der Waals surface area contributed by atoms with E-state index in [4.69, 9.17) is 4.74 Å². The number of nitrogens with one attached hydrogen (secondary N) is 1. The summed E-state index contributed by atoms with van der Waals surface area (Å²) in [6, 6.07) is 11.0. The fourth-order valence-electron chi connectivity index (χ4n) is 3.45.